The average Bonchev–Trinajstić information content (AvgIpc) is 2.33. The molecule has 3 N–H and O–H groups in total. The van der Waals surface area contributed by atoms with Crippen LogP contribution in [0, 0.1) is 0 Å². The summed E-state index contributed by atoms with van der Waals surface area (Å²) in [6.07, 6.45) is -4.46. The molecule has 0 unspecified atom stereocenters. The maximum Gasteiger partial charge on any atom is 0.573 e. The molecule has 1 rings (SSSR count). The van der Waals surface area contributed by atoms with Crippen molar-refractivity contribution in [3.8, 4) is 5.75 Å². The normalized spacial score (nSPS) is 12.2. The molecule has 0 fully saturated rings. The summed E-state index contributed by atoms with van der Waals surface area (Å²) in [4.78, 5) is 11.5. The molecule has 0 atom stereocenters. The summed E-state index contributed by atoms with van der Waals surface area (Å²) in [5.74, 6) is -1.71. The van der Waals surface area contributed by atoms with Crippen LogP contribution in [-0.2, 0) is 10.2 Å². The Morgan fingerprint density at radius 1 is 1.30 bits per heavy atom. The minimum atomic E-state index is -4.88. The molecule has 0 amide bonds. The van der Waals surface area contributed by atoms with Crippen molar-refractivity contribution in [2.24, 2.45) is 0 Å². The number of carboxylic acids is 1. The highest BCUT2D eigenvalue weighted by molar-refractivity contribution is 5.84. The molecule has 0 aromatic heterocycles. The molecule has 4 nitrogen and oxygen atoms in total. The van der Waals surface area contributed by atoms with Gasteiger partial charge in [0.1, 0.15) is 0 Å². The van der Waals surface area contributed by atoms with Crippen molar-refractivity contribution in [1.82, 2.24) is 0 Å². The lowest BCUT2D eigenvalue weighted by Gasteiger charge is -2.29. The van der Waals surface area contributed by atoms with Crippen LogP contribution in [0.15, 0.2) is 18.2 Å². The van der Waals surface area contributed by atoms with Crippen molar-refractivity contribution >= 4 is 11.7 Å². The lowest BCUT2D eigenvalue weighted by molar-refractivity contribution is -0.274. The summed E-state index contributed by atoms with van der Waals surface area (Å²) in [5.41, 5.74) is 4.19. The molecule has 20 heavy (non-hydrogen) atoms. The van der Waals surface area contributed by atoms with E-state index in [0.717, 1.165) is 6.07 Å². The maximum absolute atomic E-state index is 12.3. The second kappa shape index (κ2) is 5.60. The Morgan fingerprint density at radius 2 is 1.85 bits per heavy atom. The zero-order valence-corrected chi connectivity index (χ0v) is 11.1. The van der Waals surface area contributed by atoms with Gasteiger partial charge in [-0.1, -0.05) is 26.0 Å². The minimum Gasteiger partial charge on any atom is -0.481 e. The third kappa shape index (κ3) is 2.97. The van der Waals surface area contributed by atoms with Gasteiger partial charge in [-0.2, -0.15) is 0 Å². The first-order valence-electron chi connectivity index (χ1n) is 6.06. The summed E-state index contributed by atoms with van der Waals surface area (Å²) in [6, 6.07) is 3.78. The number of aliphatic carboxylic acids is 1. The van der Waals surface area contributed by atoms with Crippen molar-refractivity contribution in [3.63, 3.8) is 0 Å². The second-order valence-electron chi connectivity index (χ2n) is 4.36. The summed E-state index contributed by atoms with van der Waals surface area (Å²) >= 11 is 0. The largest absolute Gasteiger partial charge is 0.573 e. The zero-order chi connectivity index (χ0) is 15.6. The number of ether oxygens (including phenoxy) is 1. The van der Waals surface area contributed by atoms with Gasteiger partial charge in [-0.15, -0.1) is 13.2 Å². The van der Waals surface area contributed by atoms with Gasteiger partial charge < -0.3 is 15.6 Å². The van der Waals surface area contributed by atoms with Crippen LogP contribution in [0.2, 0.25) is 0 Å². The van der Waals surface area contributed by atoms with Crippen molar-refractivity contribution < 1.29 is 27.8 Å². The number of rotatable bonds is 5. The highest BCUT2D eigenvalue weighted by Gasteiger charge is 2.40. The first-order chi connectivity index (χ1) is 9.18. The van der Waals surface area contributed by atoms with Crippen LogP contribution < -0.4 is 10.5 Å². The van der Waals surface area contributed by atoms with Crippen LogP contribution in [-0.4, -0.2) is 17.4 Å². The number of carboxylic acid groups (broad SMARTS) is 1. The Balaban J connectivity index is 3.39. The summed E-state index contributed by atoms with van der Waals surface area (Å²) in [5, 5.41) is 9.41. The molecular formula is C13H16F3NO3. The first kappa shape index (κ1) is 16.1. The van der Waals surface area contributed by atoms with E-state index >= 15 is 0 Å². The van der Waals surface area contributed by atoms with Gasteiger partial charge >= 0.3 is 12.3 Å². The van der Waals surface area contributed by atoms with Crippen LogP contribution >= 0.6 is 0 Å². The molecule has 0 bridgehead atoms. The highest BCUT2D eigenvalue weighted by atomic mass is 19.4. The Labute approximate surface area is 114 Å². The van der Waals surface area contributed by atoms with Crippen LogP contribution in [0.1, 0.15) is 32.3 Å². The summed E-state index contributed by atoms with van der Waals surface area (Å²) in [7, 11) is 0. The van der Waals surface area contributed by atoms with Crippen LogP contribution in [0.25, 0.3) is 0 Å². The molecule has 7 heteroatoms. The molecule has 0 spiro atoms. The van der Waals surface area contributed by atoms with Crippen molar-refractivity contribution in [3.05, 3.63) is 23.8 Å². The molecule has 0 saturated carbocycles. The Bertz CT molecular complexity index is 496. The number of carbonyl (C=O) groups is 1. The molecule has 0 radical (unpaired) electrons. The van der Waals surface area contributed by atoms with Gasteiger partial charge in [-0.25, -0.2) is 0 Å². The fourth-order valence-electron chi connectivity index (χ4n) is 2.22. The van der Waals surface area contributed by atoms with Gasteiger partial charge in [0, 0.05) is 0 Å². The zero-order valence-electron chi connectivity index (χ0n) is 11.1. The second-order valence-corrected chi connectivity index (χ2v) is 4.36. The number of nitrogens with two attached hydrogens (primary N) is 1. The third-order valence-corrected chi connectivity index (χ3v) is 3.42. The lowest BCUT2D eigenvalue weighted by atomic mass is 9.75. The molecule has 0 aliphatic heterocycles. The van der Waals surface area contributed by atoms with E-state index < -0.39 is 23.5 Å². The summed E-state index contributed by atoms with van der Waals surface area (Å²) in [6.45, 7) is 3.29. The van der Waals surface area contributed by atoms with Crippen LogP contribution in [0.5, 0.6) is 5.75 Å². The number of halogens is 3. The topological polar surface area (TPSA) is 72.5 Å². The predicted molar refractivity (Wildman–Crippen MR) is 67.4 cm³/mol. The molecule has 0 aliphatic carbocycles. The van der Waals surface area contributed by atoms with E-state index in [-0.39, 0.29) is 24.1 Å². The minimum absolute atomic E-state index is 0.136. The fraction of sp³-hybridized carbons (Fsp3) is 0.462. The fourth-order valence-corrected chi connectivity index (χ4v) is 2.22. The Morgan fingerprint density at radius 3 is 2.25 bits per heavy atom. The highest BCUT2D eigenvalue weighted by Crippen LogP contribution is 2.40. The number of alkyl halides is 3. The van der Waals surface area contributed by atoms with Gasteiger partial charge in [0.2, 0.25) is 0 Å². The van der Waals surface area contributed by atoms with Crippen LogP contribution in [0.4, 0.5) is 18.9 Å². The van der Waals surface area contributed by atoms with E-state index in [1.54, 1.807) is 13.8 Å². The Hall–Kier alpha value is -1.92. The van der Waals surface area contributed by atoms with Gasteiger partial charge in [0.15, 0.2) is 5.75 Å². The van der Waals surface area contributed by atoms with Crippen molar-refractivity contribution in [1.29, 1.82) is 0 Å². The SMILES string of the molecule is CCC(CC)(C(=O)O)c1cccc(OC(F)(F)F)c1N. The van der Waals surface area contributed by atoms with Crippen molar-refractivity contribution in [2.75, 3.05) is 5.73 Å². The van der Waals surface area contributed by atoms with E-state index in [0.29, 0.717) is 0 Å². The average molecular weight is 291 g/mol. The quantitative estimate of drug-likeness (QED) is 0.816. The smallest absolute Gasteiger partial charge is 0.481 e. The number of hydrogen-bond donors (Lipinski definition) is 2. The molecule has 112 valence electrons. The van der Waals surface area contributed by atoms with Gasteiger partial charge in [-0.05, 0) is 24.5 Å². The van der Waals surface area contributed by atoms with Gasteiger partial charge in [0.25, 0.3) is 0 Å². The van der Waals surface area contributed by atoms with Crippen molar-refractivity contribution in [2.45, 2.75) is 38.5 Å². The third-order valence-electron chi connectivity index (χ3n) is 3.42. The number of anilines is 1. The predicted octanol–water partition coefficient (Wildman–Crippen LogP) is 3.31. The molecular weight excluding hydrogens is 275 g/mol. The van der Waals surface area contributed by atoms with E-state index in [1.165, 1.54) is 12.1 Å². The van der Waals surface area contributed by atoms with E-state index in [9.17, 15) is 23.1 Å². The van der Waals surface area contributed by atoms with E-state index in [2.05, 4.69) is 4.74 Å². The molecule has 1 aromatic carbocycles. The Kier molecular flexibility index (Phi) is 4.52. The number of para-hydroxylation sites is 1. The monoisotopic (exact) mass is 291 g/mol. The van der Waals surface area contributed by atoms with E-state index in [4.69, 9.17) is 5.73 Å². The summed E-state index contributed by atoms with van der Waals surface area (Å²) < 4.78 is 40.7. The standard InChI is InChI=1S/C13H16F3NO3/c1-3-12(4-2,11(18)19)8-6-5-7-9(10(8)17)20-13(14,15)16/h5-7H,3-4,17H2,1-2H3,(H,18,19). The lowest BCUT2D eigenvalue weighted by Crippen LogP contribution is -2.35. The van der Waals surface area contributed by atoms with E-state index in [1.807, 2.05) is 0 Å². The number of hydrogen-bond acceptors (Lipinski definition) is 3. The maximum atomic E-state index is 12.3. The number of benzene rings is 1. The molecule has 1 aromatic rings. The van der Waals surface area contributed by atoms with Gasteiger partial charge in [0.05, 0.1) is 11.1 Å². The molecule has 0 saturated heterocycles. The number of nitrogen functional groups attached to an aromatic ring is 1. The van der Waals surface area contributed by atoms with Gasteiger partial charge in [-0.3, -0.25) is 4.79 Å². The first-order valence-corrected chi connectivity index (χ1v) is 6.06. The van der Waals surface area contributed by atoms with Crippen LogP contribution in [0.3, 0.4) is 0 Å². The molecule has 0 heterocycles. The molecule has 0 aliphatic rings.